The molecule has 1 N–H and O–H groups in total. The largest absolute Gasteiger partial charge is 0.441 e. The normalized spacial score (nSPS) is 11.5. The van der Waals surface area contributed by atoms with Crippen LogP contribution in [-0.4, -0.2) is 25.7 Å². The molecule has 4 rings (SSSR count). The number of hydrogen-bond acceptors (Lipinski definition) is 5. The first-order chi connectivity index (χ1) is 15.7. The Morgan fingerprint density at radius 3 is 2.64 bits per heavy atom. The number of nitrogens with one attached hydrogen (secondary N) is 1. The predicted molar refractivity (Wildman–Crippen MR) is 105 cm³/mol. The molecular weight excluding hydrogens is 449 g/mol. The molecular formula is C21H14F5N5O2. The maximum Gasteiger partial charge on any atom is 0.416 e. The summed E-state index contributed by atoms with van der Waals surface area (Å²) in [5.74, 6) is -2.03. The lowest BCUT2D eigenvalue weighted by Crippen LogP contribution is -2.16. The maximum absolute atomic E-state index is 13.9. The highest BCUT2D eigenvalue weighted by atomic mass is 19.4. The van der Waals surface area contributed by atoms with Crippen molar-refractivity contribution in [3.8, 4) is 17.0 Å². The number of hydrogen-bond donors (Lipinski definition) is 1. The number of carbonyl (C=O) groups is 1. The van der Waals surface area contributed by atoms with E-state index in [-0.39, 0.29) is 41.4 Å². The molecule has 0 saturated carbocycles. The highest BCUT2D eigenvalue weighted by molar-refractivity contribution is 5.93. The van der Waals surface area contributed by atoms with Gasteiger partial charge in [-0.2, -0.15) is 18.3 Å². The molecule has 2 aromatic heterocycles. The molecule has 0 aliphatic rings. The Bertz CT molecular complexity index is 1280. The van der Waals surface area contributed by atoms with Crippen molar-refractivity contribution in [3.63, 3.8) is 0 Å². The molecule has 0 aliphatic carbocycles. The minimum Gasteiger partial charge on any atom is -0.441 e. The van der Waals surface area contributed by atoms with Gasteiger partial charge in [-0.15, -0.1) is 0 Å². The Kier molecular flexibility index (Phi) is 5.90. The van der Waals surface area contributed by atoms with E-state index in [9.17, 15) is 26.7 Å². The van der Waals surface area contributed by atoms with Crippen LogP contribution in [0.3, 0.4) is 0 Å². The van der Waals surface area contributed by atoms with Gasteiger partial charge in [-0.05, 0) is 30.3 Å². The number of carbonyl (C=O) groups excluding carboxylic acids is 1. The summed E-state index contributed by atoms with van der Waals surface area (Å²) in [5, 5.41) is 6.31. The monoisotopic (exact) mass is 463 g/mol. The summed E-state index contributed by atoms with van der Waals surface area (Å²) in [6, 6.07) is 5.80. The summed E-state index contributed by atoms with van der Waals surface area (Å²) in [4.78, 5) is 20.1. The van der Waals surface area contributed by atoms with E-state index in [0.717, 1.165) is 18.2 Å². The topological polar surface area (TPSA) is 85.8 Å². The minimum absolute atomic E-state index is 0.000964. The first-order valence-corrected chi connectivity index (χ1v) is 9.47. The molecule has 12 heteroatoms. The van der Waals surface area contributed by atoms with Gasteiger partial charge in [0.25, 0.3) is 0 Å². The van der Waals surface area contributed by atoms with Gasteiger partial charge >= 0.3 is 6.18 Å². The number of amides is 1. The van der Waals surface area contributed by atoms with Gasteiger partial charge in [0.1, 0.15) is 24.3 Å². The SMILES string of the molecule is O=C(CCc1ncc(-c2ccc(F)cc2F)o1)Nc1cc(C(F)(F)F)ccc1-n1cncn1. The second kappa shape index (κ2) is 8.81. The van der Waals surface area contributed by atoms with E-state index in [0.29, 0.717) is 6.07 Å². The van der Waals surface area contributed by atoms with Crippen LogP contribution in [0.2, 0.25) is 0 Å². The predicted octanol–water partition coefficient (Wildman–Crippen LogP) is 4.79. The van der Waals surface area contributed by atoms with Crippen molar-refractivity contribution in [1.29, 1.82) is 0 Å². The fourth-order valence-corrected chi connectivity index (χ4v) is 3.02. The van der Waals surface area contributed by atoms with E-state index in [1.807, 2.05) is 0 Å². The van der Waals surface area contributed by atoms with Crippen LogP contribution < -0.4 is 5.32 Å². The van der Waals surface area contributed by atoms with Gasteiger partial charge in [-0.3, -0.25) is 4.79 Å². The molecule has 0 spiro atoms. The zero-order valence-corrected chi connectivity index (χ0v) is 16.6. The van der Waals surface area contributed by atoms with E-state index in [2.05, 4.69) is 20.4 Å². The third-order valence-electron chi connectivity index (χ3n) is 4.58. The average molecular weight is 463 g/mol. The number of rotatable bonds is 6. The number of benzene rings is 2. The highest BCUT2D eigenvalue weighted by Crippen LogP contribution is 2.33. The fourth-order valence-electron chi connectivity index (χ4n) is 3.02. The zero-order valence-electron chi connectivity index (χ0n) is 16.6. The van der Waals surface area contributed by atoms with Crippen LogP contribution >= 0.6 is 0 Å². The molecule has 0 bridgehead atoms. The van der Waals surface area contributed by atoms with Crippen LogP contribution in [-0.2, 0) is 17.4 Å². The lowest BCUT2D eigenvalue weighted by atomic mass is 10.1. The minimum atomic E-state index is -4.61. The lowest BCUT2D eigenvalue weighted by molar-refractivity contribution is -0.137. The van der Waals surface area contributed by atoms with Gasteiger partial charge < -0.3 is 9.73 Å². The molecule has 33 heavy (non-hydrogen) atoms. The number of oxazole rings is 1. The van der Waals surface area contributed by atoms with Crippen molar-refractivity contribution in [1.82, 2.24) is 19.7 Å². The van der Waals surface area contributed by atoms with Crippen molar-refractivity contribution in [2.24, 2.45) is 0 Å². The summed E-state index contributed by atoms with van der Waals surface area (Å²) < 4.78 is 73.0. The molecule has 170 valence electrons. The van der Waals surface area contributed by atoms with Crippen molar-refractivity contribution < 1.29 is 31.2 Å². The van der Waals surface area contributed by atoms with Crippen molar-refractivity contribution >= 4 is 11.6 Å². The van der Waals surface area contributed by atoms with Crippen molar-refractivity contribution in [2.75, 3.05) is 5.32 Å². The van der Waals surface area contributed by atoms with Crippen LogP contribution in [0, 0.1) is 11.6 Å². The third kappa shape index (κ3) is 5.05. The Morgan fingerprint density at radius 1 is 1.12 bits per heavy atom. The van der Waals surface area contributed by atoms with E-state index < -0.39 is 29.3 Å². The standard InChI is InChI=1S/C21H14F5N5O2/c22-13-2-3-14(15(23)8-13)18-9-28-20(33-18)6-5-19(32)30-16-7-12(21(24,25)26)1-4-17(16)31-11-27-10-29-31/h1-4,7-11H,5-6H2,(H,30,32). The number of anilines is 1. The molecule has 7 nitrogen and oxygen atoms in total. The fraction of sp³-hybridized carbons (Fsp3) is 0.143. The first-order valence-electron chi connectivity index (χ1n) is 9.47. The molecule has 0 fully saturated rings. The number of alkyl halides is 3. The van der Waals surface area contributed by atoms with Crippen LogP contribution in [0.1, 0.15) is 17.9 Å². The van der Waals surface area contributed by atoms with Crippen LogP contribution in [0.15, 0.2) is 59.7 Å². The van der Waals surface area contributed by atoms with Gasteiger partial charge in [-0.25, -0.2) is 23.4 Å². The Hall–Kier alpha value is -4.09. The highest BCUT2D eigenvalue weighted by Gasteiger charge is 2.31. The summed E-state index contributed by atoms with van der Waals surface area (Å²) in [7, 11) is 0. The molecule has 0 atom stereocenters. The summed E-state index contributed by atoms with van der Waals surface area (Å²) in [5.41, 5.74) is -0.859. The van der Waals surface area contributed by atoms with Gasteiger partial charge in [0.05, 0.1) is 28.7 Å². The number of aryl methyl sites for hydroxylation is 1. The molecule has 4 aromatic rings. The summed E-state index contributed by atoms with van der Waals surface area (Å²) in [6.45, 7) is 0. The quantitative estimate of drug-likeness (QED) is 0.416. The molecule has 2 aromatic carbocycles. The molecule has 0 saturated heterocycles. The van der Waals surface area contributed by atoms with Gasteiger partial charge in [0, 0.05) is 18.9 Å². The van der Waals surface area contributed by atoms with Crippen LogP contribution in [0.5, 0.6) is 0 Å². The second-order valence-electron chi connectivity index (χ2n) is 6.86. The molecule has 0 radical (unpaired) electrons. The second-order valence-corrected chi connectivity index (χ2v) is 6.86. The summed E-state index contributed by atoms with van der Waals surface area (Å²) in [6.07, 6.45) is -1.08. The van der Waals surface area contributed by atoms with Gasteiger partial charge in [0.15, 0.2) is 11.7 Å². The Morgan fingerprint density at radius 2 is 1.94 bits per heavy atom. The summed E-state index contributed by atoms with van der Waals surface area (Å²) >= 11 is 0. The van der Waals surface area contributed by atoms with Crippen LogP contribution in [0.4, 0.5) is 27.6 Å². The number of aromatic nitrogens is 4. The van der Waals surface area contributed by atoms with E-state index >= 15 is 0 Å². The van der Waals surface area contributed by atoms with E-state index in [4.69, 9.17) is 4.42 Å². The van der Waals surface area contributed by atoms with Crippen LogP contribution in [0.25, 0.3) is 17.0 Å². The molecule has 0 unspecified atom stereocenters. The maximum atomic E-state index is 13.9. The molecule has 0 aliphatic heterocycles. The van der Waals surface area contributed by atoms with Gasteiger partial charge in [-0.1, -0.05) is 0 Å². The van der Waals surface area contributed by atoms with E-state index in [1.54, 1.807) is 0 Å². The molecule has 2 heterocycles. The Labute approximate surface area is 182 Å². The average Bonchev–Trinajstić information content (AvgIpc) is 3.44. The van der Waals surface area contributed by atoms with Crippen molar-refractivity contribution in [2.45, 2.75) is 19.0 Å². The smallest absolute Gasteiger partial charge is 0.416 e. The Balaban J connectivity index is 1.48. The first kappa shape index (κ1) is 22.1. The van der Waals surface area contributed by atoms with Gasteiger partial charge in [0.2, 0.25) is 5.91 Å². The lowest BCUT2D eigenvalue weighted by Gasteiger charge is -2.14. The van der Waals surface area contributed by atoms with E-state index in [1.165, 1.54) is 35.7 Å². The number of halogens is 5. The third-order valence-corrected chi connectivity index (χ3v) is 4.58. The number of nitrogens with zero attached hydrogens (tertiary/aromatic N) is 4. The zero-order chi connectivity index (χ0) is 23.6. The van der Waals surface area contributed by atoms with Crippen molar-refractivity contribution in [3.05, 3.63) is 78.3 Å². The molecule has 1 amide bonds.